The van der Waals surface area contributed by atoms with Crippen molar-refractivity contribution in [3.05, 3.63) is 62.9 Å². The Hall–Kier alpha value is -2.25. The number of halogens is 1. The number of aryl methyl sites for hydroxylation is 3. The molecule has 2 aromatic carbocycles. The smallest absolute Gasteiger partial charge is 0.298 e. The summed E-state index contributed by atoms with van der Waals surface area (Å²) in [6.07, 6.45) is 2.53. The Kier molecular flexibility index (Phi) is 7.03. The first-order valence-electron chi connectivity index (χ1n) is 9.47. The summed E-state index contributed by atoms with van der Waals surface area (Å²) in [5, 5.41) is 0.553. The fourth-order valence-electron chi connectivity index (χ4n) is 2.71. The minimum atomic E-state index is 0.553. The highest BCUT2D eigenvalue weighted by Gasteiger charge is 2.12. The number of rotatable bonds is 7. The van der Waals surface area contributed by atoms with E-state index >= 15 is 0 Å². The van der Waals surface area contributed by atoms with E-state index in [0.29, 0.717) is 11.6 Å². The van der Waals surface area contributed by atoms with Crippen LogP contribution >= 0.6 is 27.5 Å². The van der Waals surface area contributed by atoms with Crippen molar-refractivity contribution in [1.29, 1.82) is 0 Å². The van der Waals surface area contributed by atoms with Crippen LogP contribution in [0.1, 0.15) is 35.0 Å². The largest absolute Gasteiger partial charge is 0.430 e. The van der Waals surface area contributed by atoms with Crippen LogP contribution in [0.3, 0.4) is 0 Å². The Morgan fingerprint density at radius 2 is 1.93 bits per heavy atom. The highest BCUT2D eigenvalue weighted by atomic mass is 79.9. The summed E-state index contributed by atoms with van der Waals surface area (Å²) >= 11 is 4.81. The van der Waals surface area contributed by atoms with E-state index in [1.165, 1.54) is 22.7 Å². The van der Waals surface area contributed by atoms with E-state index in [0.717, 1.165) is 39.4 Å². The zero-order chi connectivity index (χ0) is 21.0. The number of hydrogen-bond donors (Lipinski definition) is 0. The predicted octanol–water partition coefficient (Wildman–Crippen LogP) is 6.22. The molecule has 3 aromatic rings. The summed E-state index contributed by atoms with van der Waals surface area (Å²) < 4.78 is 11.6. The minimum absolute atomic E-state index is 0.553. The van der Waals surface area contributed by atoms with Crippen molar-refractivity contribution >= 4 is 39.5 Å². The fourth-order valence-corrected chi connectivity index (χ4v) is 3.68. The lowest BCUT2D eigenvalue weighted by Crippen LogP contribution is -2.14. The van der Waals surface area contributed by atoms with Crippen molar-refractivity contribution in [1.82, 2.24) is 14.3 Å². The molecule has 0 aliphatic rings. The maximum absolute atomic E-state index is 6.04. The lowest BCUT2D eigenvalue weighted by molar-refractivity contribution is 0.473. The number of benzene rings is 2. The van der Waals surface area contributed by atoms with Crippen LogP contribution in [-0.4, -0.2) is 34.2 Å². The van der Waals surface area contributed by atoms with Gasteiger partial charge in [-0.25, -0.2) is 4.99 Å². The van der Waals surface area contributed by atoms with Gasteiger partial charge in [0.15, 0.2) is 5.82 Å². The van der Waals surface area contributed by atoms with E-state index in [1.54, 1.807) is 0 Å². The molecule has 0 saturated carbocycles. The van der Waals surface area contributed by atoms with Crippen molar-refractivity contribution < 1.29 is 4.74 Å². The first kappa shape index (κ1) is 21.5. The highest BCUT2D eigenvalue weighted by molar-refractivity contribution is 9.10. The molecule has 0 aliphatic heterocycles. The molecule has 3 rings (SSSR count). The molecule has 0 saturated heterocycles. The summed E-state index contributed by atoms with van der Waals surface area (Å²) in [6, 6.07) is 10.3. The molecule has 7 heteroatoms. The highest BCUT2D eigenvalue weighted by Crippen LogP contribution is 2.32. The average molecular weight is 473 g/mol. The molecule has 0 N–H and O–H groups in total. The Bertz CT molecular complexity index is 1030. The van der Waals surface area contributed by atoms with E-state index in [1.807, 2.05) is 50.3 Å². The third-order valence-electron chi connectivity index (χ3n) is 4.69. The molecule has 29 heavy (non-hydrogen) atoms. The van der Waals surface area contributed by atoms with Gasteiger partial charge in [0.1, 0.15) is 5.75 Å². The first-order valence-corrected chi connectivity index (χ1v) is 11.0. The lowest BCUT2D eigenvalue weighted by Gasteiger charge is -2.11. The molecular formula is C22H25BrN4OS. The topological polar surface area (TPSA) is 50.6 Å². The van der Waals surface area contributed by atoms with Gasteiger partial charge in [-0.1, -0.05) is 22.0 Å². The van der Waals surface area contributed by atoms with Gasteiger partial charge in [0.25, 0.3) is 5.19 Å². The van der Waals surface area contributed by atoms with Crippen LogP contribution in [0.2, 0.25) is 0 Å². The van der Waals surface area contributed by atoms with Crippen LogP contribution in [0.25, 0.3) is 0 Å². The molecular weight excluding hydrogens is 448 g/mol. The maximum Gasteiger partial charge on any atom is 0.298 e. The Morgan fingerprint density at radius 1 is 1.14 bits per heavy atom. The molecule has 0 radical (unpaired) electrons. The van der Waals surface area contributed by atoms with Gasteiger partial charge >= 0.3 is 0 Å². The number of nitrogens with zero attached hydrogens (tertiary/aromatic N) is 4. The minimum Gasteiger partial charge on any atom is -0.430 e. The molecule has 0 aliphatic carbocycles. The summed E-state index contributed by atoms with van der Waals surface area (Å²) in [7, 11) is 2.01. The van der Waals surface area contributed by atoms with Gasteiger partial charge in [-0.2, -0.15) is 9.36 Å². The van der Waals surface area contributed by atoms with E-state index in [2.05, 4.69) is 56.3 Å². The Labute approximate surface area is 184 Å². The van der Waals surface area contributed by atoms with Gasteiger partial charge in [0.05, 0.1) is 12.0 Å². The molecule has 0 unspecified atom stereocenters. The van der Waals surface area contributed by atoms with Crippen molar-refractivity contribution in [2.75, 3.05) is 13.6 Å². The van der Waals surface area contributed by atoms with E-state index < -0.39 is 0 Å². The first-order chi connectivity index (χ1) is 13.9. The van der Waals surface area contributed by atoms with Crippen molar-refractivity contribution in [2.24, 2.45) is 4.99 Å². The predicted molar refractivity (Wildman–Crippen MR) is 124 cm³/mol. The Balaban J connectivity index is 1.74. The standard InChI is InChI=1S/C22H25BrN4OS/c1-6-27(5)13-24-19-9-16(4)20(10-15(19)3)28-22-25-21(26-29-22)12-17-11-18(23)8-7-14(17)2/h7-11,13H,6,12H2,1-5H3. The maximum atomic E-state index is 6.04. The number of ether oxygens (including phenoxy) is 1. The molecule has 1 heterocycles. The third-order valence-corrected chi connectivity index (χ3v) is 5.82. The van der Waals surface area contributed by atoms with Gasteiger partial charge in [0, 0.05) is 36.0 Å². The molecule has 0 bridgehead atoms. The Morgan fingerprint density at radius 3 is 2.69 bits per heavy atom. The SMILES string of the molecule is CCN(C)C=Nc1cc(C)c(Oc2nc(Cc3cc(Br)ccc3C)ns2)cc1C. The van der Waals surface area contributed by atoms with Crippen molar-refractivity contribution in [3.63, 3.8) is 0 Å². The third kappa shape index (κ3) is 5.64. The van der Waals surface area contributed by atoms with Crippen LogP contribution < -0.4 is 4.74 Å². The number of hydrogen-bond acceptors (Lipinski definition) is 5. The van der Waals surface area contributed by atoms with Crippen molar-refractivity contribution in [3.8, 4) is 10.9 Å². The molecule has 1 aromatic heterocycles. The van der Waals surface area contributed by atoms with Gasteiger partial charge < -0.3 is 9.64 Å². The van der Waals surface area contributed by atoms with Crippen LogP contribution in [0.4, 0.5) is 5.69 Å². The van der Waals surface area contributed by atoms with E-state index in [9.17, 15) is 0 Å². The molecule has 0 amide bonds. The quantitative estimate of drug-likeness (QED) is 0.302. The second-order valence-electron chi connectivity index (χ2n) is 7.05. The second-order valence-corrected chi connectivity index (χ2v) is 8.68. The number of aromatic nitrogens is 2. The molecule has 0 spiro atoms. The lowest BCUT2D eigenvalue weighted by atomic mass is 10.1. The van der Waals surface area contributed by atoms with Crippen molar-refractivity contribution in [2.45, 2.75) is 34.1 Å². The van der Waals surface area contributed by atoms with Gasteiger partial charge in [-0.3, -0.25) is 0 Å². The zero-order valence-electron chi connectivity index (χ0n) is 17.4. The monoisotopic (exact) mass is 472 g/mol. The normalized spacial score (nSPS) is 11.2. The van der Waals surface area contributed by atoms with E-state index in [4.69, 9.17) is 4.74 Å². The fraction of sp³-hybridized carbons (Fsp3) is 0.318. The van der Waals surface area contributed by atoms with Crippen LogP contribution in [0.15, 0.2) is 39.8 Å². The molecule has 152 valence electrons. The van der Waals surface area contributed by atoms with Gasteiger partial charge in [-0.05, 0) is 74.2 Å². The van der Waals surface area contributed by atoms with Crippen LogP contribution in [0, 0.1) is 20.8 Å². The summed E-state index contributed by atoms with van der Waals surface area (Å²) in [4.78, 5) is 11.2. The van der Waals surface area contributed by atoms with Gasteiger partial charge in [-0.15, -0.1) is 0 Å². The summed E-state index contributed by atoms with van der Waals surface area (Å²) in [6.45, 7) is 9.16. The van der Waals surface area contributed by atoms with E-state index in [-0.39, 0.29) is 0 Å². The molecule has 0 fully saturated rings. The summed E-state index contributed by atoms with van der Waals surface area (Å²) in [5.41, 5.74) is 5.44. The summed E-state index contributed by atoms with van der Waals surface area (Å²) in [5.74, 6) is 1.55. The molecule has 5 nitrogen and oxygen atoms in total. The second kappa shape index (κ2) is 9.50. The van der Waals surface area contributed by atoms with Crippen LogP contribution in [0.5, 0.6) is 10.9 Å². The zero-order valence-corrected chi connectivity index (χ0v) is 19.8. The average Bonchev–Trinajstić information content (AvgIpc) is 3.12. The number of aliphatic imine (C=N–C) groups is 1. The molecule has 0 atom stereocenters. The van der Waals surface area contributed by atoms with Gasteiger partial charge in [0.2, 0.25) is 0 Å². The van der Waals surface area contributed by atoms with Crippen LogP contribution in [-0.2, 0) is 6.42 Å².